The molecule has 0 aliphatic rings. The highest BCUT2D eigenvalue weighted by molar-refractivity contribution is 5.41. The highest BCUT2D eigenvalue weighted by Crippen LogP contribution is 2.28. The Morgan fingerprint density at radius 2 is 1.95 bits per heavy atom. The van der Waals surface area contributed by atoms with Crippen molar-refractivity contribution in [2.45, 2.75) is 26.4 Å². The van der Waals surface area contributed by atoms with E-state index in [4.69, 9.17) is 4.74 Å². The van der Waals surface area contributed by atoms with Crippen LogP contribution in [0.25, 0.3) is 0 Å². The number of rotatable bonds is 5. The van der Waals surface area contributed by atoms with Crippen LogP contribution >= 0.6 is 0 Å². The highest BCUT2D eigenvalue weighted by Gasteiger charge is 2.16. The van der Waals surface area contributed by atoms with Gasteiger partial charge in [-0.05, 0) is 29.7 Å². The number of ether oxygens (including phenoxy) is 1. The molecule has 4 nitrogen and oxygen atoms in total. The zero-order valence-corrected chi connectivity index (χ0v) is 11.9. The van der Waals surface area contributed by atoms with Crippen molar-refractivity contribution in [3.05, 3.63) is 69.5 Å². The van der Waals surface area contributed by atoms with Crippen molar-refractivity contribution in [1.82, 2.24) is 0 Å². The summed E-state index contributed by atoms with van der Waals surface area (Å²) in [6.07, 6.45) is 0. The summed E-state index contributed by atoms with van der Waals surface area (Å²) in [5.41, 5.74) is 1.09. The molecule has 0 saturated carbocycles. The van der Waals surface area contributed by atoms with Gasteiger partial charge in [0.25, 0.3) is 5.69 Å². The molecule has 0 atom stereocenters. The fraction of sp³-hybridized carbons (Fsp3) is 0.250. The van der Waals surface area contributed by atoms with E-state index in [-0.39, 0.29) is 23.8 Å². The van der Waals surface area contributed by atoms with Crippen LogP contribution in [0, 0.1) is 15.9 Å². The van der Waals surface area contributed by atoms with Crippen LogP contribution in [-0.2, 0) is 6.61 Å². The van der Waals surface area contributed by atoms with E-state index in [0.29, 0.717) is 5.75 Å². The number of nitro benzene ring substituents is 1. The number of para-hydroxylation sites is 1. The van der Waals surface area contributed by atoms with Gasteiger partial charge < -0.3 is 4.74 Å². The zero-order chi connectivity index (χ0) is 15.4. The number of nitrogens with zero attached hydrogens (tertiary/aromatic N) is 1. The molecule has 0 fully saturated rings. The van der Waals surface area contributed by atoms with Gasteiger partial charge in [0.05, 0.1) is 10.5 Å². The molecule has 0 amide bonds. The van der Waals surface area contributed by atoms with Crippen LogP contribution in [0.1, 0.15) is 30.9 Å². The quantitative estimate of drug-likeness (QED) is 0.604. The van der Waals surface area contributed by atoms with E-state index in [9.17, 15) is 14.5 Å². The summed E-state index contributed by atoms with van der Waals surface area (Å²) >= 11 is 0. The topological polar surface area (TPSA) is 52.4 Å². The molecule has 0 unspecified atom stereocenters. The number of hydrogen-bond donors (Lipinski definition) is 0. The van der Waals surface area contributed by atoms with Crippen LogP contribution in [0.4, 0.5) is 10.1 Å². The second-order valence-corrected chi connectivity index (χ2v) is 5.01. The molecule has 0 N–H and O–H groups in total. The average molecular weight is 289 g/mol. The molecular formula is C16H16FNO3. The van der Waals surface area contributed by atoms with Gasteiger partial charge in [-0.1, -0.05) is 32.0 Å². The van der Waals surface area contributed by atoms with Gasteiger partial charge in [0, 0.05) is 6.07 Å². The van der Waals surface area contributed by atoms with Gasteiger partial charge in [-0.2, -0.15) is 0 Å². The molecule has 0 heterocycles. The first-order valence-electron chi connectivity index (χ1n) is 6.63. The molecule has 2 aromatic carbocycles. The van der Waals surface area contributed by atoms with E-state index in [0.717, 1.165) is 23.8 Å². The molecule has 2 rings (SSSR count). The van der Waals surface area contributed by atoms with E-state index in [1.807, 2.05) is 32.0 Å². The third-order valence-electron chi connectivity index (χ3n) is 3.16. The van der Waals surface area contributed by atoms with Crippen molar-refractivity contribution >= 4 is 5.69 Å². The van der Waals surface area contributed by atoms with Crippen molar-refractivity contribution in [1.29, 1.82) is 0 Å². The van der Waals surface area contributed by atoms with Gasteiger partial charge >= 0.3 is 0 Å². The van der Waals surface area contributed by atoms with Crippen molar-refractivity contribution in [2.75, 3.05) is 0 Å². The zero-order valence-electron chi connectivity index (χ0n) is 11.9. The Morgan fingerprint density at radius 3 is 2.62 bits per heavy atom. The third kappa shape index (κ3) is 3.56. The first-order valence-corrected chi connectivity index (χ1v) is 6.63. The predicted molar refractivity (Wildman–Crippen MR) is 77.9 cm³/mol. The predicted octanol–water partition coefficient (Wildman–Crippen LogP) is 4.44. The maximum absolute atomic E-state index is 13.3. The minimum absolute atomic E-state index is 0.0438. The monoisotopic (exact) mass is 289 g/mol. The number of hydrogen-bond acceptors (Lipinski definition) is 3. The van der Waals surface area contributed by atoms with Gasteiger partial charge in [-0.25, -0.2) is 4.39 Å². The third-order valence-corrected chi connectivity index (χ3v) is 3.16. The van der Waals surface area contributed by atoms with Gasteiger partial charge in [0.15, 0.2) is 0 Å². The van der Waals surface area contributed by atoms with E-state index in [1.165, 1.54) is 0 Å². The SMILES string of the molecule is CC(C)c1ccccc1OCc1cc(F)ccc1[N+](=O)[O-]. The van der Waals surface area contributed by atoms with Gasteiger partial charge in [0.1, 0.15) is 18.2 Å². The van der Waals surface area contributed by atoms with Crippen LogP contribution in [0.5, 0.6) is 5.75 Å². The normalized spacial score (nSPS) is 10.7. The maximum Gasteiger partial charge on any atom is 0.276 e. The van der Waals surface area contributed by atoms with Gasteiger partial charge in [-0.3, -0.25) is 10.1 Å². The molecule has 0 aliphatic carbocycles. The molecule has 5 heteroatoms. The molecule has 0 bridgehead atoms. The van der Waals surface area contributed by atoms with E-state index < -0.39 is 10.7 Å². The molecule has 0 spiro atoms. The first kappa shape index (κ1) is 15.0. The Hall–Kier alpha value is -2.43. The molecule has 110 valence electrons. The van der Waals surface area contributed by atoms with Crippen LogP contribution in [-0.4, -0.2) is 4.92 Å². The highest BCUT2D eigenvalue weighted by atomic mass is 19.1. The van der Waals surface area contributed by atoms with Gasteiger partial charge in [-0.15, -0.1) is 0 Å². The lowest BCUT2D eigenvalue weighted by Gasteiger charge is -2.13. The fourth-order valence-corrected chi connectivity index (χ4v) is 2.09. The summed E-state index contributed by atoms with van der Waals surface area (Å²) in [5.74, 6) is 0.408. The molecule has 21 heavy (non-hydrogen) atoms. The van der Waals surface area contributed by atoms with Gasteiger partial charge in [0.2, 0.25) is 0 Å². The van der Waals surface area contributed by atoms with Crippen LogP contribution < -0.4 is 4.74 Å². The number of benzene rings is 2. The summed E-state index contributed by atoms with van der Waals surface area (Å²) in [6.45, 7) is 4.03. The van der Waals surface area contributed by atoms with Crippen molar-refractivity contribution in [2.24, 2.45) is 0 Å². The number of nitro groups is 1. The van der Waals surface area contributed by atoms with E-state index in [2.05, 4.69) is 0 Å². The lowest BCUT2D eigenvalue weighted by Crippen LogP contribution is -2.03. The van der Waals surface area contributed by atoms with Crippen molar-refractivity contribution < 1.29 is 14.1 Å². The average Bonchev–Trinajstić information content (AvgIpc) is 2.45. The Bertz CT molecular complexity index is 656. The smallest absolute Gasteiger partial charge is 0.276 e. The molecule has 2 aromatic rings. The van der Waals surface area contributed by atoms with Crippen LogP contribution in [0.2, 0.25) is 0 Å². The molecular weight excluding hydrogens is 273 g/mol. The summed E-state index contributed by atoms with van der Waals surface area (Å²) < 4.78 is 18.9. The second-order valence-electron chi connectivity index (χ2n) is 5.01. The Kier molecular flexibility index (Phi) is 4.52. The van der Waals surface area contributed by atoms with Crippen molar-refractivity contribution in [3.63, 3.8) is 0 Å². The molecule has 0 radical (unpaired) electrons. The molecule has 0 aliphatic heterocycles. The summed E-state index contributed by atoms with van der Waals surface area (Å²) in [4.78, 5) is 10.4. The summed E-state index contributed by atoms with van der Waals surface area (Å²) in [7, 11) is 0. The second kappa shape index (κ2) is 6.35. The summed E-state index contributed by atoms with van der Waals surface area (Å²) in [6, 6.07) is 10.9. The van der Waals surface area contributed by atoms with E-state index >= 15 is 0 Å². The number of halogens is 1. The minimum atomic E-state index is -0.535. The fourth-order valence-electron chi connectivity index (χ4n) is 2.09. The molecule has 0 aromatic heterocycles. The largest absolute Gasteiger partial charge is 0.488 e. The van der Waals surface area contributed by atoms with Crippen molar-refractivity contribution in [3.8, 4) is 5.75 Å². The summed E-state index contributed by atoms with van der Waals surface area (Å²) in [5, 5.41) is 10.9. The standard InChI is InChI=1S/C16H16FNO3/c1-11(2)14-5-3-4-6-16(14)21-10-12-9-13(17)7-8-15(12)18(19)20/h3-9,11H,10H2,1-2H3. The minimum Gasteiger partial charge on any atom is -0.488 e. The lowest BCUT2D eigenvalue weighted by molar-refractivity contribution is -0.385. The van der Waals surface area contributed by atoms with E-state index in [1.54, 1.807) is 6.07 Å². The Morgan fingerprint density at radius 1 is 1.24 bits per heavy atom. The molecule has 0 saturated heterocycles. The van der Waals surface area contributed by atoms with Crippen LogP contribution in [0.15, 0.2) is 42.5 Å². The Labute approximate surface area is 122 Å². The van der Waals surface area contributed by atoms with Crippen LogP contribution in [0.3, 0.4) is 0 Å². The Balaban J connectivity index is 2.25. The maximum atomic E-state index is 13.3. The first-order chi connectivity index (χ1) is 9.99. The lowest BCUT2D eigenvalue weighted by atomic mass is 10.0.